The summed E-state index contributed by atoms with van der Waals surface area (Å²) in [6.07, 6.45) is 1.77. The number of aromatic nitrogens is 2. The van der Waals surface area contributed by atoms with Gasteiger partial charge < -0.3 is 15.5 Å². The predicted octanol–water partition coefficient (Wildman–Crippen LogP) is 2.07. The Hall–Kier alpha value is -1.72. The molecule has 21 heavy (non-hydrogen) atoms. The van der Waals surface area contributed by atoms with Gasteiger partial charge in [0, 0.05) is 38.8 Å². The number of nitrogens with two attached hydrogens (primary N) is 1. The minimum absolute atomic E-state index is 0.651. The van der Waals surface area contributed by atoms with Crippen LogP contribution in [0.5, 0.6) is 0 Å². The van der Waals surface area contributed by atoms with Crippen LogP contribution in [-0.4, -0.2) is 47.9 Å². The number of piperazine rings is 1. The summed E-state index contributed by atoms with van der Waals surface area (Å²) in [6, 6.07) is 6.12. The predicted molar refractivity (Wildman–Crippen MR) is 87.8 cm³/mol. The molecule has 5 nitrogen and oxygen atoms in total. The third kappa shape index (κ3) is 2.71. The number of hydrogen-bond acceptors (Lipinski definition) is 4. The van der Waals surface area contributed by atoms with E-state index in [0.29, 0.717) is 5.82 Å². The lowest BCUT2D eigenvalue weighted by molar-refractivity contribution is 0.313. The van der Waals surface area contributed by atoms with Crippen molar-refractivity contribution >= 4 is 23.1 Å². The highest BCUT2D eigenvalue weighted by Crippen LogP contribution is 2.33. The number of anilines is 2. The van der Waals surface area contributed by atoms with E-state index in [1.54, 1.807) is 10.9 Å². The number of benzene rings is 1. The van der Waals surface area contributed by atoms with Crippen LogP contribution in [-0.2, 0) is 7.05 Å². The molecular formula is C15H20ClN5. The maximum atomic E-state index is 6.48. The number of aryl methyl sites for hydroxylation is 1. The molecule has 1 aromatic carbocycles. The van der Waals surface area contributed by atoms with Crippen molar-refractivity contribution in [1.29, 1.82) is 0 Å². The molecule has 0 radical (unpaired) electrons. The zero-order chi connectivity index (χ0) is 15.0. The molecule has 1 aliphatic heterocycles. The summed E-state index contributed by atoms with van der Waals surface area (Å²) in [4.78, 5) is 4.66. The zero-order valence-electron chi connectivity index (χ0n) is 12.4. The molecule has 2 N–H and O–H groups in total. The first kappa shape index (κ1) is 14.2. The first-order chi connectivity index (χ1) is 10.1. The van der Waals surface area contributed by atoms with Crippen LogP contribution in [0.3, 0.4) is 0 Å². The monoisotopic (exact) mass is 305 g/mol. The topological polar surface area (TPSA) is 50.3 Å². The summed E-state index contributed by atoms with van der Waals surface area (Å²) in [5.74, 6) is 0.651. The van der Waals surface area contributed by atoms with Crippen LogP contribution in [0.15, 0.2) is 24.4 Å². The van der Waals surface area contributed by atoms with Crippen LogP contribution in [0.2, 0.25) is 5.02 Å². The minimum atomic E-state index is 0.651. The van der Waals surface area contributed by atoms with Crippen molar-refractivity contribution in [3.05, 3.63) is 29.4 Å². The van der Waals surface area contributed by atoms with E-state index in [4.69, 9.17) is 17.3 Å². The van der Waals surface area contributed by atoms with Crippen molar-refractivity contribution in [2.24, 2.45) is 7.05 Å². The number of nitrogen functional groups attached to an aromatic ring is 1. The molecule has 0 unspecified atom stereocenters. The van der Waals surface area contributed by atoms with Gasteiger partial charge in [-0.2, -0.15) is 5.10 Å². The van der Waals surface area contributed by atoms with Gasteiger partial charge in [0.15, 0.2) is 0 Å². The van der Waals surface area contributed by atoms with Crippen LogP contribution in [0, 0.1) is 0 Å². The molecule has 3 rings (SSSR count). The number of rotatable bonds is 2. The molecule has 0 spiro atoms. The van der Waals surface area contributed by atoms with E-state index in [2.05, 4.69) is 34.1 Å². The van der Waals surface area contributed by atoms with Crippen molar-refractivity contribution < 1.29 is 0 Å². The highest BCUT2D eigenvalue weighted by atomic mass is 35.5. The minimum Gasteiger partial charge on any atom is -0.383 e. The average Bonchev–Trinajstić information content (AvgIpc) is 2.80. The smallest absolute Gasteiger partial charge is 0.129 e. The maximum Gasteiger partial charge on any atom is 0.129 e. The number of likely N-dealkylation sites (N-methyl/N-ethyl adjacent to an activating group) is 1. The van der Waals surface area contributed by atoms with Gasteiger partial charge in [0.05, 0.1) is 16.9 Å². The molecule has 1 fully saturated rings. The second kappa shape index (κ2) is 5.58. The molecule has 0 atom stereocenters. The Morgan fingerprint density at radius 1 is 1.14 bits per heavy atom. The Labute approximate surface area is 129 Å². The molecule has 0 saturated carbocycles. The Bertz CT molecular complexity index is 644. The molecule has 0 bridgehead atoms. The highest BCUT2D eigenvalue weighted by molar-refractivity contribution is 6.33. The lowest BCUT2D eigenvalue weighted by Gasteiger charge is -2.34. The molecule has 112 valence electrons. The first-order valence-electron chi connectivity index (χ1n) is 7.07. The Balaban J connectivity index is 1.88. The van der Waals surface area contributed by atoms with Gasteiger partial charge in [0.1, 0.15) is 5.82 Å². The van der Waals surface area contributed by atoms with Crippen LogP contribution < -0.4 is 10.6 Å². The first-order valence-corrected chi connectivity index (χ1v) is 7.45. The van der Waals surface area contributed by atoms with Crippen LogP contribution in [0.4, 0.5) is 11.5 Å². The van der Waals surface area contributed by atoms with Crippen LogP contribution in [0.25, 0.3) is 11.1 Å². The van der Waals surface area contributed by atoms with Crippen molar-refractivity contribution in [2.45, 2.75) is 0 Å². The Kier molecular flexibility index (Phi) is 3.78. The lowest BCUT2D eigenvalue weighted by Crippen LogP contribution is -2.44. The fourth-order valence-corrected chi connectivity index (χ4v) is 2.95. The molecule has 0 amide bonds. The van der Waals surface area contributed by atoms with Crippen molar-refractivity contribution in [3.8, 4) is 11.1 Å². The summed E-state index contributed by atoms with van der Waals surface area (Å²) in [5.41, 5.74) is 9.04. The van der Waals surface area contributed by atoms with Gasteiger partial charge in [-0.25, -0.2) is 0 Å². The van der Waals surface area contributed by atoms with Gasteiger partial charge in [0.2, 0.25) is 0 Å². The largest absolute Gasteiger partial charge is 0.383 e. The Morgan fingerprint density at radius 2 is 1.86 bits per heavy atom. The normalized spacial score (nSPS) is 16.4. The van der Waals surface area contributed by atoms with E-state index in [1.807, 2.05) is 13.1 Å². The van der Waals surface area contributed by atoms with Gasteiger partial charge >= 0.3 is 0 Å². The van der Waals surface area contributed by atoms with E-state index in [1.165, 1.54) is 0 Å². The molecule has 6 heteroatoms. The lowest BCUT2D eigenvalue weighted by atomic mass is 10.1. The summed E-state index contributed by atoms with van der Waals surface area (Å²) in [7, 11) is 3.98. The molecule has 0 aliphatic carbocycles. The van der Waals surface area contributed by atoms with Gasteiger partial charge in [-0.1, -0.05) is 17.7 Å². The summed E-state index contributed by atoms with van der Waals surface area (Å²) in [6.45, 7) is 4.14. The third-order valence-electron chi connectivity index (χ3n) is 4.09. The van der Waals surface area contributed by atoms with Crippen molar-refractivity contribution in [2.75, 3.05) is 43.9 Å². The molecular weight excluding hydrogens is 286 g/mol. The van der Waals surface area contributed by atoms with Gasteiger partial charge in [-0.15, -0.1) is 0 Å². The zero-order valence-corrected chi connectivity index (χ0v) is 13.1. The van der Waals surface area contributed by atoms with Gasteiger partial charge in [-0.3, -0.25) is 4.68 Å². The quantitative estimate of drug-likeness (QED) is 0.923. The standard InChI is InChI=1S/C15H20ClN5/c1-19-5-7-21(8-6-19)14-4-3-11(9-13(14)16)12-10-18-20(2)15(12)17/h3-4,9-10H,5-8,17H2,1-2H3. The third-order valence-corrected chi connectivity index (χ3v) is 4.39. The molecule has 2 heterocycles. The maximum absolute atomic E-state index is 6.48. The van der Waals surface area contributed by atoms with E-state index in [0.717, 1.165) is 48.0 Å². The fourth-order valence-electron chi connectivity index (χ4n) is 2.65. The molecule has 2 aromatic rings. The number of hydrogen-bond donors (Lipinski definition) is 1. The van der Waals surface area contributed by atoms with Crippen LogP contribution in [0.1, 0.15) is 0 Å². The van der Waals surface area contributed by atoms with Gasteiger partial charge in [0.25, 0.3) is 0 Å². The van der Waals surface area contributed by atoms with E-state index < -0.39 is 0 Å². The molecule has 1 aliphatic rings. The second-order valence-corrected chi connectivity index (χ2v) is 5.93. The van der Waals surface area contributed by atoms with Gasteiger partial charge in [-0.05, 0) is 24.7 Å². The van der Waals surface area contributed by atoms with Crippen LogP contribution >= 0.6 is 11.6 Å². The number of nitrogens with zero attached hydrogens (tertiary/aromatic N) is 4. The second-order valence-electron chi connectivity index (χ2n) is 5.52. The fraction of sp³-hybridized carbons (Fsp3) is 0.400. The average molecular weight is 306 g/mol. The van der Waals surface area contributed by atoms with E-state index in [9.17, 15) is 0 Å². The van der Waals surface area contributed by atoms with E-state index in [-0.39, 0.29) is 0 Å². The number of halogens is 1. The summed E-state index contributed by atoms with van der Waals surface area (Å²) in [5, 5.41) is 4.94. The SMILES string of the molecule is CN1CCN(c2ccc(-c3cnn(C)c3N)cc2Cl)CC1. The van der Waals surface area contributed by atoms with Crippen molar-refractivity contribution in [3.63, 3.8) is 0 Å². The summed E-state index contributed by atoms with van der Waals surface area (Å²) >= 11 is 6.48. The molecule has 1 saturated heterocycles. The molecule has 1 aromatic heterocycles. The van der Waals surface area contributed by atoms with E-state index >= 15 is 0 Å². The highest BCUT2D eigenvalue weighted by Gasteiger charge is 2.17. The Morgan fingerprint density at radius 3 is 2.43 bits per heavy atom. The summed E-state index contributed by atoms with van der Waals surface area (Å²) < 4.78 is 1.66. The van der Waals surface area contributed by atoms with Crippen molar-refractivity contribution in [1.82, 2.24) is 14.7 Å².